The van der Waals surface area contributed by atoms with E-state index < -0.39 is 0 Å². The molecule has 3 aromatic carbocycles. The van der Waals surface area contributed by atoms with Crippen molar-refractivity contribution in [2.45, 2.75) is 33.5 Å². The molecule has 4 aromatic rings. The molecule has 6 heteroatoms. The van der Waals surface area contributed by atoms with Gasteiger partial charge < -0.3 is 14.8 Å². The number of hydrogen-bond acceptors (Lipinski definition) is 1. The van der Waals surface area contributed by atoms with Gasteiger partial charge in [-0.25, -0.2) is 4.39 Å². The SMILES string of the molecule is Cc1ccc(NC(=S)N(Cc2ccccc2)Cc2cccn2Cc2ccc(F)cc2Cl)c(C)c1. The summed E-state index contributed by atoms with van der Waals surface area (Å²) in [6.07, 6.45) is 2.01. The third-order valence-corrected chi connectivity index (χ3v) is 6.47. The lowest BCUT2D eigenvalue weighted by Gasteiger charge is -2.27. The molecule has 0 atom stereocenters. The van der Waals surface area contributed by atoms with E-state index in [9.17, 15) is 4.39 Å². The Hall–Kier alpha value is -3.15. The fourth-order valence-electron chi connectivity index (χ4n) is 3.93. The van der Waals surface area contributed by atoms with E-state index in [-0.39, 0.29) is 5.82 Å². The second kappa shape index (κ2) is 10.9. The van der Waals surface area contributed by atoms with Crippen LogP contribution in [0, 0.1) is 19.7 Å². The van der Waals surface area contributed by atoms with Crippen LogP contribution in [0.2, 0.25) is 5.02 Å². The van der Waals surface area contributed by atoms with Crippen LogP contribution in [0.1, 0.15) is 27.9 Å². The van der Waals surface area contributed by atoms with Gasteiger partial charge >= 0.3 is 0 Å². The minimum atomic E-state index is -0.335. The van der Waals surface area contributed by atoms with Crippen LogP contribution in [0.3, 0.4) is 0 Å². The first-order valence-electron chi connectivity index (χ1n) is 11.1. The predicted molar refractivity (Wildman–Crippen MR) is 143 cm³/mol. The topological polar surface area (TPSA) is 20.2 Å². The van der Waals surface area contributed by atoms with Crippen molar-refractivity contribution >= 4 is 34.6 Å². The highest BCUT2D eigenvalue weighted by Gasteiger charge is 2.15. The number of anilines is 1. The number of rotatable bonds is 7. The lowest BCUT2D eigenvalue weighted by molar-refractivity contribution is 0.399. The Morgan fingerprint density at radius 3 is 2.50 bits per heavy atom. The van der Waals surface area contributed by atoms with Crippen LogP contribution in [-0.4, -0.2) is 14.6 Å². The first kappa shape index (κ1) is 24.0. The van der Waals surface area contributed by atoms with Gasteiger partial charge in [-0.05, 0) is 73.1 Å². The molecule has 3 nitrogen and oxygen atoms in total. The zero-order valence-electron chi connectivity index (χ0n) is 19.3. The van der Waals surface area contributed by atoms with Crippen molar-refractivity contribution in [3.05, 3.63) is 124 Å². The van der Waals surface area contributed by atoms with Crippen molar-refractivity contribution in [2.75, 3.05) is 5.32 Å². The highest BCUT2D eigenvalue weighted by atomic mass is 35.5. The summed E-state index contributed by atoms with van der Waals surface area (Å²) in [6, 6.07) is 25.2. The molecule has 0 fully saturated rings. The maximum Gasteiger partial charge on any atom is 0.174 e. The average Bonchev–Trinajstić information content (AvgIpc) is 3.24. The van der Waals surface area contributed by atoms with E-state index in [2.05, 4.69) is 65.0 Å². The molecule has 0 radical (unpaired) electrons. The highest BCUT2D eigenvalue weighted by molar-refractivity contribution is 7.80. The minimum Gasteiger partial charge on any atom is -0.345 e. The molecule has 0 aliphatic carbocycles. The van der Waals surface area contributed by atoms with Gasteiger partial charge in [-0.15, -0.1) is 0 Å². The molecule has 0 amide bonds. The van der Waals surface area contributed by atoms with E-state index in [0.717, 1.165) is 22.5 Å². The first-order valence-corrected chi connectivity index (χ1v) is 11.9. The number of aromatic nitrogens is 1. The van der Waals surface area contributed by atoms with Crippen LogP contribution in [-0.2, 0) is 19.6 Å². The van der Waals surface area contributed by atoms with Crippen LogP contribution in [0.4, 0.5) is 10.1 Å². The Morgan fingerprint density at radius 1 is 0.971 bits per heavy atom. The average molecular weight is 492 g/mol. The Kier molecular flexibility index (Phi) is 7.66. The minimum absolute atomic E-state index is 0.335. The molecule has 0 aliphatic rings. The van der Waals surface area contributed by atoms with Crippen LogP contribution >= 0.6 is 23.8 Å². The standard InChI is InChI=1S/C28H27ClFN3S/c1-20-10-13-27(21(2)15-20)31-28(34)33(17-22-7-4-3-5-8-22)19-25-9-6-14-32(25)18-23-11-12-24(30)16-26(23)29/h3-16H,17-19H2,1-2H3,(H,31,34). The zero-order chi connectivity index (χ0) is 24.1. The van der Waals surface area contributed by atoms with Crippen molar-refractivity contribution in [1.29, 1.82) is 0 Å². The van der Waals surface area contributed by atoms with E-state index in [4.69, 9.17) is 23.8 Å². The Morgan fingerprint density at radius 2 is 1.76 bits per heavy atom. The molecule has 4 rings (SSSR count). The molecule has 174 valence electrons. The number of hydrogen-bond donors (Lipinski definition) is 1. The Labute approximate surface area is 210 Å². The largest absolute Gasteiger partial charge is 0.345 e. The third kappa shape index (κ3) is 6.04. The lowest BCUT2D eigenvalue weighted by Crippen LogP contribution is -2.34. The number of nitrogens with zero attached hydrogens (tertiary/aromatic N) is 2. The molecule has 1 N–H and O–H groups in total. The van der Waals surface area contributed by atoms with Crippen molar-refractivity contribution in [2.24, 2.45) is 0 Å². The second-order valence-corrected chi connectivity index (χ2v) is 9.25. The van der Waals surface area contributed by atoms with Gasteiger partial charge in [0.1, 0.15) is 5.82 Å². The van der Waals surface area contributed by atoms with Crippen LogP contribution in [0.15, 0.2) is 85.1 Å². The number of nitrogens with one attached hydrogen (secondary N) is 1. The predicted octanol–water partition coefficient (Wildman–Crippen LogP) is 7.34. The zero-order valence-corrected chi connectivity index (χ0v) is 20.8. The summed E-state index contributed by atoms with van der Waals surface area (Å²) in [6.45, 7) is 5.99. The number of halogens is 2. The summed E-state index contributed by atoms with van der Waals surface area (Å²) >= 11 is 12.2. The summed E-state index contributed by atoms with van der Waals surface area (Å²) < 4.78 is 15.6. The maximum atomic E-state index is 13.5. The molecular formula is C28H27ClFN3S. The van der Waals surface area contributed by atoms with E-state index in [1.807, 2.05) is 30.5 Å². The van der Waals surface area contributed by atoms with E-state index >= 15 is 0 Å². The number of aryl methyl sites for hydroxylation is 2. The van der Waals surface area contributed by atoms with Gasteiger partial charge in [0.25, 0.3) is 0 Å². The smallest absolute Gasteiger partial charge is 0.174 e. The molecule has 0 unspecified atom stereocenters. The number of benzene rings is 3. The van der Waals surface area contributed by atoms with Crippen LogP contribution in [0.25, 0.3) is 0 Å². The van der Waals surface area contributed by atoms with Crippen LogP contribution < -0.4 is 5.32 Å². The van der Waals surface area contributed by atoms with E-state index in [0.29, 0.717) is 29.8 Å². The van der Waals surface area contributed by atoms with E-state index in [1.165, 1.54) is 23.3 Å². The molecule has 34 heavy (non-hydrogen) atoms. The summed E-state index contributed by atoms with van der Waals surface area (Å²) in [5, 5.41) is 4.52. The molecule has 0 saturated carbocycles. The normalized spacial score (nSPS) is 10.8. The Bertz CT molecular complexity index is 1290. The van der Waals surface area contributed by atoms with E-state index in [1.54, 1.807) is 6.07 Å². The van der Waals surface area contributed by atoms with Gasteiger partial charge in [0.05, 0.1) is 6.54 Å². The molecule has 0 bridgehead atoms. The van der Waals surface area contributed by atoms with Gasteiger partial charge in [-0.3, -0.25) is 0 Å². The van der Waals surface area contributed by atoms with Crippen LogP contribution in [0.5, 0.6) is 0 Å². The second-order valence-electron chi connectivity index (χ2n) is 8.45. The maximum absolute atomic E-state index is 13.5. The fourth-order valence-corrected chi connectivity index (χ4v) is 4.39. The third-order valence-electron chi connectivity index (χ3n) is 5.76. The molecule has 1 heterocycles. The summed E-state index contributed by atoms with van der Waals surface area (Å²) in [7, 11) is 0. The van der Waals surface area contributed by atoms with Gasteiger partial charge in [0.2, 0.25) is 0 Å². The van der Waals surface area contributed by atoms with Crippen molar-refractivity contribution in [3.63, 3.8) is 0 Å². The monoisotopic (exact) mass is 491 g/mol. The highest BCUT2D eigenvalue weighted by Crippen LogP contribution is 2.22. The van der Waals surface area contributed by atoms with Crippen molar-refractivity contribution < 1.29 is 4.39 Å². The van der Waals surface area contributed by atoms with Crippen molar-refractivity contribution in [3.8, 4) is 0 Å². The fraction of sp³-hybridized carbons (Fsp3) is 0.179. The van der Waals surface area contributed by atoms with Gasteiger partial charge in [0, 0.05) is 35.7 Å². The molecule has 0 saturated heterocycles. The number of thiocarbonyl (C=S) groups is 1. The Balaban J connectivity index is 1.57. The van der Waals surface area contributed by atoms with Gasteiger partial charge in [0.15, 0.2) is 5.11 Å². The van der Waals surface area contributed by atoms with Gasteiger partial charge in [-0.1, -0.05) is 65.7 Å². The summed E-state index contributed by atoms with van der Waals surface area (Å²) in [4.78, 5) is 2.15. The quantitative estimate of drug-likeness (QED) is 0.273. The van der Waals surface area contributed by atoms with Crippen molar-refractivity contribution in [1.82, 2.24) is 9.47 Å². The molecular weight excluding hydrogens is 465 g/mol. The molecule has 1 aromatic heterocycles. The summed E-state index contributed by atoms with van der Waals surface area (Å²) in [5.74, 6) is -0.335. The first-order chi connectivity index (χ1) is 16.4. The summed E-state index contributed by atoms with van der Waals surface area (Å²) in [5.41, 5.74) is 6.49. The lowest BCUT2D eigenvalue weighted by atomic mass is 10.1. The molecule has 0 spiro atoms. The van der Waals surface area contributed by atoms with Gasteiger partial charge in [-0.2, -0.15) is 0 Å². The molecule has 0 aliphatic heterocycles.